The van der Waals surface area contributed by atoms with Gasteiger partial charge in [-0.25, -0.2) is 9.59 Å². The molecular weight excluding hydrogens is 168 g/mol. The fraction of sp³-hybridized carbons (Fsp3) is 0.500. The third kappa shape index (κ3) is 1.94. The first-order chi connectivity index (χ1) is 5.59. The summed E-state index contributed by atoms with van der Waals surface area (Å²) in [5.74, 6) is -1.87. The van der Waals surface area contributed by atoms with E-state index in [2.05, 4.69) is 9.47 Å². The summed E-state index contributed by atoms with van der Waals surface area (Å²) < 4.78 is 8.36. The van der Waals surface area contributed by atoms with Crippen molar-refractivity contribution < 1.29 is 29.0 Å². The van der Waals surface area contributed by atoms with E-state index in [1.807, 2.05) is 0 Å². The molecule has 1 unspecified atom stereocenters. The van der Waals surface area contributed by atoms with E-state index in [0.29, 0.717) is 0 Å². The molecule has 0 amide bonds. The Bertz CT molecular complexity index is 232. The smallest absolute Gasteiger partial charge is 0.481 e. The van der Waals surface area contributed by atoms with E-state index in [1.165, 1.54) is 0 Å². The Balaban J connectivity index is 2.38. The van der Waals surface area contributed by atoms with E-state index in [0.717, 1.165) is 0 Å². The fourth-order valence-corrected chi connectivity index (χ4v) is 0.768. The van der Waals surface area contributed by atoms with Crippen LogP contribution >= 0.6 is 0 Å². The molecule has 6 heteroatoms. The SMILES string of the molecule is O=C(O)CCC1OC(=O)OC1=O. The van der Waals surface area contributed by atoms with Crippen molar-refractivity contribution in [2.45, 2.75) is 18.9 Å². The molecular formula is C6H6O6. The summed E-state index contributed by atoms with van der Waals surface area (Å²) in [6, 6.07) is 0. The third-order valence-electron chi connectivity index (χ3n) is 1.31. The van der Waals surface area contributed by atoms with Crippen molar-refractivity contribution in [3.63, 3.8) is 0 Å². The molecule has 0 bridgehead atoms. The summed E-state index contributed by atoms with van der Waals surface area (Å²) in [5.41, 5.74) is 0. The lowest BCUT2D eigenvalue weighted by Gasteiger charge is -1.99. The van der Waals surface area contributed by atoms with Crippen LogP contribution in [0.2, 0.25) is 0 Å². The van der Waals surface area contributed by atoms with Gasteiger partial charge in [-0.1, -0.05) is 0 Å². The Morgan fingerprint density at radius 2 is 2.17 bits per heavy atom. The van der Waals surface area contributed by atoms with Crippen molar-refractivity contribution in [1.82, 2.24) is 0 Å². The average molecular weight is 174 g/mol. The molecule has 1 atom stereocenters. The maximum absolute atomic E-state index is 10.6. The van der Waals surface area contributed by atoms with Gasteiger partial charge in [-0.05, 0) is 0 Å². The molecule has 0 radical (unpaired) electrons. The number of ether oxygens (including phenoxy) is 2. The van der Waals surface area contributed by atoms with Crippen LogP contribution in [0.4, 0.5) is 4.79 Å². The average Bonchev–Trinajstić information content (AvgIpc) is 2.26. The summed E-state index contributed by atoms with van der Waals surface area (Å²) >= 11 is 0. The van der Waals surface area contributed by atoms with E-state index in [1.54, 1.807) is 0 Å². The predicted octanol–water partition coefficient (Wildman–Crippen LogP) is -0.0868. The third-order valence-corrected chi connectivity index (χ3v) is 1.31. The van der Waals surface area contributed by atoms with Crippen LogP contribution in [-0.2, 0) is 19.1 Å². The van der Waals surface area contributed by atoms with Gasteiger partial charge in [0.25, 0.3) is 0 Å². The van der Waals surface area contributed by atoms with Crippen molar-refractivity contribution in [3.05, 3.63) is 0 Å². The highest BCUT2D eigenvalue weighted by Crippen LogP contribution is 2.13. The molecule has 1 fully saturated rings. The van der Waals surface area contributed by atoms with Gasteiger partial charge in [-0.3, -0.25) is 4.79 Å². The number of carboxylic acids is 1. The summed E-state index contributed by atoms with van der Waals surface area (Å²) in [6.07, 6.45) is -2.38. The Kier molecular flexibility index (Phi) is 2.27. The Morgan fingerprint density at radius 1 is 1.50 bits per heavy atom. The molecule has 0 saturated carbocycles. The number of carbonyl (C=O) groups excluding carboxylic acids is 2. The number of carboxylic acid groups (broad SMARTS) is 1. The van der Waals surface area contributed by atoms with Gasteiger partial charge in [0.15, 0.2) is 0 Å². The number of aliphatic carboxylic acids is 1. The van der Waals surface area contributed by atoms with Crippen LogP contribution in [0.25, 0.3) is 0 Å². The number of rotatable bonds is 3. The predicted molar refractivity (Wildman–Crippen MR) is 33.2 cm³/mol. The van der Waals surface area contributed by atoms with Crippen molar-refractivity contribution in [2.75, 3.05) is 0 Å². The quantitative estimate of drug-likeness (QED) is 0.475. The van der Waals surface area contributed by atoms with Gasteiger partial charge in [0.2, 0.25) is 6.10 Å². The highest BCUT2D eigenvalue weighted by Gasteiger charge is 2.35. The van der Waals surface area contributed by atoms with Crippen LogP contribution < -0.4 is 0 Å². The van der Waals surface area contributed by atoms with Crippen molar-refractivity contribution >= 4 is 18.1 Å². The van der Waals surface area contributed by atoms with Crippen molar-refractivity contribution in [3.8, 4) is 0 Å². The topological polar surface area (TPSA) is 89.9 Å². The second kappa shape index (κ2) is 3.21. The first-order valence-electron chi connectivity index (χ1n) is 3.23. The molecule has 1 saturated heterocycles. The molecule has 1 heterocycles. The first-order valence-corrected chi connectivity index (χ1v) is 3.23. The second-order valence-corrected chi connectivity index (χ2v) is 2.21. The Labute approximate surface area is 67.1 Å². The van der Waals surface area contributed by atoms with Gasteiger partial charge < -0.3 is 14.6 Å². The molecule has 1 rings (SSSR count). The maximum Gasteiger partial charge on any atom is 0.517 e. The van der Waals surface area contributed by atoms with Crippen LogP contribution in [-0.4, -0.2) is 29.3 Å². The number of esters is 1. The van der Waals surface area contributed by atoms with E-state index in [-0.39, 0.29) is 12.8 Å². The lowest BCUT2D eigenvalue weighted by atomic mass is 10.2. The summed E-state index contributed by atoms with van der Waals surface area (Å²) in [5, 5.41) is 8.23. The van der Waals surface area contributed by atoms with Gasteiger partial charge in [-0.15, -0.1) is 0 Å². The molecule has 0 aliphatic carbocycles. The van der Waals surface area contributed by atoms with Gasteiger partial charge in [0.1, 0.15) is 0 Å². The molecule has 6 nitrogen and oxygen atoms in total. The maximum atomic E-state index is 10.6. The van der Waals surface area contributed by atoms with Crippen molar-refractivity contribution in [1.29, 1.82) is 0 Å². The molecule has 1 aliphatic rings. The molecule has 1 aliphatic heterocycles. The Morgan fingerprint density at radius 3 is 2.58 bits per heavy atom. The lowest BCUT2D eigenvalue weighted by molar-refractivity contribution is -0.139. The van der Waals surface area contributed by atoms with E-state index < -0.39 is 24.2 Å². The van der Waals surface area contributed by atoms with Crippen LogP contribution in [0.15, 0.2) is 0 Å². The highest BCUT2D eigenvalue weighted by molar-refractivity contribution is 5.91. The Hall–Kier alpha value is -1.59. The highest BCUT2D eigenvalue weighted by atomic mass is 16.8. The van der Waals surface area contributed by atoms with Gasteiger partial charge in [-0.2, -0.15) is 0 Å². The second-order valence-electron chi connectivity index (χ2n) is 2.21. The monoisotopic (exact) mass is 174 g/mol. The molecule has 12 heavy (non-hydrogen) atoms. The summed E-state index contributed by atoms with van der Waals surface area (Å²) in [4.78, 5) is 31.0. The van der Waals surface area contributed by atoms with Crippen LogP contribution in [0.1, 0.15) is 12.8 Å². The number of cyclic esters (lactones) is 3. The van der Waals surface area contributed by atoms with E-state index in [9.17, 15) is 14.4 Å². The minimum atomic E-state index is -1.06. The molecule has 0 aromatic heterocycles. The van der Waals surface area contributed by atoms with Gasteiger partial charge in [0, 0.05) is 12.8 Å². The van der Waals surface area contributed by atoms with Crippen LogP contribution in [0.3, 0.4) is 0 Å². The van der Waals surface area contributed by atoms with Gasteiger partial charge >= 0.3 is 18.1 Å². The zero-order valence-electron chi connectivity index (χ0n) is 5.98. The lowest BCUT2D eigenvalue weighted by Crippen LogP contribution is -2.17. The molecule has 0 aromatic rings. The largest absolute Gasteiger partial charge is 0.517 e. The summed E-state index contributed by atoms with van der Waals surface area (Å²) in [6.45, 7) is 0. The van der Waals surface area contributed by atoms with E-state index >= 15 is 0 Å². The molecule has 0 aromatic carbocycles. The number of hydrogen-bond donors (Lipinski definition) is 1. The molecule has 66 valence electrons. The zero-order valence-corrected chi connectivity index (χ0v) is 5.98. The first kappa shape index (κ1) is 8.51. The van der Waals surface area contributed by atoms with Crippen LogP contribution in [0.5, 0.6) is 0 Å². The van der Waals surface area contributed by atoms with E-state index in [4.69, 9.17) is 5.11 Å². The molecule has 0 spiro atoms. The standard InChI is InChI=1S/C6H6O6/c7-4(8)2-1-3-5(9)12-6(10)11-3/h3H,1-2H2,(H,7,8). The fourth-order valence-electron chi connectivity index (χ4n) is 0.768. The van der Waals surface area contributed by atoms with Crippen molar-refractivity contribution in [2.24, 2.45) is 0 Å². The zero-order chi connectivity index (χ0) is 9.14. The minimum absolute atomic E-state index is 0.0418. The minimum Gasteiger partial charge on any atom is -0.481 e. The number of hydrogen-bond acceptors (Lipinski definition) is 5. The normalized spacial score (nSPS) is 21.8. The number of carbonyl (C=O) groups is 3. The molecule has 1 N–H and O–H groups in total. The van der Waals surface area contributed by atoms with Crippen LogP contribution in [0, 0.1) is 0 Å². The summed E-state index contributed by atoms with van der Waals surface area (Å²) in [7, 11) is 0. The van der Waals surface area contributed by atoms with Gasteiger partial charge in [0.05, 0.1) is 0 Å².